The number of nitrogens with zero attached hydrogens (tertiary/aromatic N) is 1. The van der Waals surface area contributed by atoms with Gasteiger partial charge in [0.05, 0.1) is 5.56 Å². The molecule has 1 aromatic rings. The Kier molecular flexibility index (Phi) is 3.63. The van der Waals surface area contributed by atoms with E-state index in [9.17, 15) is 18.0 Å². The smallest absolute Gasteiger partial charge is 0.404 e. The molecule has 1 aromatic carbocycles. The van der Waals surface area contributed by atoms with Gasteiger partial charge in [0, 0.05) is 5.56 Å². The Morgan fingerprint density at radius 2 is 2.06 bits per heavy atom. The lowest BCUT2D eigenvalue weighted by atomic mass is 10.1. The average Bonchev–Trinajstić information content (AvgIpc) is 2.18. The monoisotopic (exact) mass is 263 g/mol. The van der Waals surface area contributed by atoms with Crippen molar-refractivity contribution >= 4 is 17.4 Å². The normalized spacial score (nSPS) is 10.8. The minimum atomic E-state index is -4.94. The van der Waals surface area contributed by atoms with Gasteiger partial charge in [-0.15, -0.1) is 13.2 Å². The number of ether oxygens (including phenoxy) is 1. The van der Waals surface area contributed by atoms with Crippen LogP contribution in [0.15, 0.2) is 12.1 Å². The van der Waals surface area contributed by atoms with Crippen LogP contribution in [0.25, 0.3) is 0 Å². The van der Waals surface area contributed by atoms with Gasteiger partial charge in [-0.05, 0) is 19.1 Å². The van der Waals surface area contributed by atoms with Gasteiger partial charge in [0.1, 0.15) is 16.8 Å². The summed E-state index contributed by atoms with van der Waals surface area (Å²) < 4.78 is 39.8. The first-order chi connectivity index (χ1) is 7.74. The van der Waals surface area contributed by atoms with Crippen LogP contribution in [0.4, 0.5) is 13.2 Å². The van der Waals surface area contributed by atoms with E-state index in [1.165, 1.54) is 0 Å². The number of carbonyl (C=O) groups is 1. The number of alkyl halides is 3. The van der Waals surface area contributed by atoms with Gasteiger partial charge in [-0.1, -0.05) is 11.6 Å². The van der Waals surface area contributed by atoms with Crippen molar-refractivity contribution in [1.82, 2.24) is 0 Å². The van der Waals surface area contributed by atoms with Gasteiger partial charge in [0.15, 0.2) is 5.78 Å². The third-order valence-electron chi connectivity index (χ3n) is 1.79. The summed E-state index contributed by atoms with van der Waals surface area (Å²) in [5.74, 6) is -1.26. The summed E-state index contributed by atoms with van der Waals surface area (Å²) in [6.45, 7) is 1.15. The molecule has 3 nitrogen and oxygen atoms in total. The van der Waals surface area contributed by atoms with Crippen molar-refractivity contribution in [1.29, 1.82) is 5.26 Å². The van der Waals surface area contributed by atoms with Crippen LogP contribution in [-0.4, -0.2) is 12.1 Å². The van der Waals surface area contributed by atoms with Crippen molar-refractivity contribution in [2.45, 2.75) is 13.3 Å². The second-order valence-corrected chi connectivity index (χ2v) is 3.43. The summed E-state index contributed by atoms with van der Waals surface area (Å²) in [4.78, 5) is 11.1. The van der Waals surface area contributed by atoms with E-state index in [-0.39, 0.29) is 11.1 Å². The standard InChI is InChI=1S/C10H5ClF3NO2/c1-5(16)6-2-7(4-15)9(11)8(3-6)17-10(12,13)14/h2-3H,1H3. The highest BCUT2D eigenvalue weighted by molar-refractivity contribution is 6.33. The molecule has 0 fully saturated rings. The molecule has 0 saturated carbocycles. The van der Waals surface area contributed by atoms with E-state index in [2.05, 4.69) is 4.74 Å². The largest absolute Gasteiger partial charge is 0.573 e. The molecule has 0 unspecified atom stereocenters. The highest BCUT2D eigenvalue weighted by atomic mass is 35.5. The Balaban J connectivity index is 3.34. The van der Waals surface area contributed by atoms with Crippen molar-refractivity contribution in [2.24, 2.45) is 0 Å². The number of rotatable bonds is 2. The summed E-state index contributed by atoms with van der Waals surface area (Å²) in [6, 6.07) is 3.54. The zero-order chi connectivity index (χ0) is 13.2. The molecule has 0 aromatic heterocycles. The van der Waals surface area contributed by atoms with Gasteiger partial charge in [0.25, 0.3) is 0 Å². The van der Waals surface area contributed by atoms with E-state index in [1.54, 1.807) is 6.07 Å². The first-order valence-corrected chi connectivity index (χ1v) is 4.62. The fourth-order valence-electron chi connectivity index (χ4n) is 1.08. The number of nitriles is 1. The molecule has 0 N–H and O–H groups in total. The van der Waals surface area contributed by atoms with Crippen molar-refractivity contribution in [2.75, 3.05) is 0 Å². The van der Waals surface area contributed by atoms with Crippen LogP contribution >= 0.6 is 11.6 Å². The molecule has 7 heteroatoms. The second kappa shape index (κ2) is 4.63. The van der Waals surface area contributed by atoms with Crippen molar-refractivity contribution < 1.29 is 22.7 Å². The molecule has 0 spiro atoms. The third-order valence-corrected chi connectivity index (χ3v) is 2.18. The molecule has 0 amide bonds. The summed E-state index contributed by atoms with van der Waals surface area (Å²) in [5, 5.41) is 8.19. The minimum Gasteiger partial charge on any atom is -0.404 e. The number of benzene rings is 1. The average molecular weight is 264 g/mol. The Bertz CT molecular complexity index is 505. The van der Waals surface area contributed by atoms with Crippen LogP contribution in [0.3, 0.4) is 0 Å². The van der Waals surface area contributed by atoms with E-state index in [0.717, 1.165) is 19.1 Å². The number of hydrogen-bond acceptors (Lipinski definition) is 3. The summed E-state index contributed by atoms with van der Waals surface area (Å²) in [7, 11) is 0. The molecule has 90 valence electrons. The Morgan fingerprint density at radius 1 is 1.47 bits per heavy atom. The van der Waals surface area contributed by atoms with Crippen molar-refractivity contribution in [3.63, 3.8) is 0 Å². The fraction of sp³-hybridized carbons (Fsp3) is 0.200. The lowest BCUT2D eigenvalue weighted by Gasteiger charge is -2.12. The first-order valence-electron chi connectivity index (χ1n) is 4.25. The molecule has 1 rings (SSSR count). The van der Waals surface area contributed by atoms with Crippen LogP contribution in [0.1, 0.15) is 22.8 Å². The maximum atomic E-state index is 12.0. The first kappa shape index (κ1) is 13.3. The molecular formula is C10H5ClF3NO2. The van der Waals surface area contributed by atoms with Gasteiger partial charge in [0.2, 0.25) is 0 Å². The molecular weight excluding hydrogens is 259 g/mol. The third kappa shape index (κ3) is 3.36. The van der Waals surface area contributed by atoms with E-state index in [0.29, 0.717) is 0 Å². The highest BCUT2D eigenvalue weighted by Crippen LogP contribution is 2.33. The van der Waals surface area contributed by atoms with Gasteiger partial charge >= 0.3 is 6.36 Å². The summed E-state index contributed by atoms with van der Waals surface area (Å²) in [6.07, 6.45) is -4.94. The number of carbonyl (C=O) groups excluding carboxylic acids is 1. The fourth-order valence-corrected chi connectivity index (χ4v) is 1.27. The molecule has 0 atom stereocenters. The Morgan fingerprint density at radius 3 is 2.47 bits per heavy atom. The lowest BCUT2D eigenvalue weighted by Crippen LogP contribution is -2.18. The molecule has 0 aliphatic rings. The van der Waals surface area contributed by atoms with E-state index in [4.69, 9.17) is 16.9 Å². The number of ketones is 1. The predicted molar refractivity (Wildman–Crippen MR) is 52.9 cm³/mol. The minimum absolute atomic E-state index is 0.0785. The molecule has 0 saturated heterocycles. The van der Waals surface area contributed by atoms with Gasteiger partial charge in [-0.2, -0.15) is 5.26 Å². The van der Waals surface area contributed by atoms with Gasteiger partial charge in [-0.25, -0.2) is 0 Å². The van der Waals surface area contributed by atoms with Crippen LogP contribution < -0.4 is 4.74 Å². The second-order valence-electron chi connectivity index (χ2n) is 3.05. The Hall–Kier alpha value is -1.74. The summed E-state index contributed by atoms with van der Waals surface area (Å²) in [5.41, 5.74) is -0.330. The predicted octanol–water partition coefficient (Wildman–Crippen LogP) is 3.31. The van der Waals surface area contributed by atoms with Crippen molar-refractivity contribution in [3.8, 4) is 11.8 Å². The zero-order valence-corrected chi connectivity index (χ0v) is 9.19. The van der Waals surface area contributed by atoms with Crippen LogP contribution in [0, 0.1) is 11.3 Å². The topological polar surface area (TPSA) is 50.1 Å². The maximum absolute atomic E-state index is 12.0. The van der Waals surface area contributed by atoms with Crippen LogP contribution in [0.5, 0.6) is 5.75 Å². The molecule has 17 heavy (non-hydrogen) atoms. The lowest BCUT2D eigenvalue weighted by molar-refractivity contribution is -0.274. The maximum Gasteiger partial charge on any atom is 0.573 e. The number of Topliss-reactive ketones (excluding diaryl/α,β-unsaturated/α-hetero) is 1. The molecule has 0 heterocycles. The number of halogens is 4. The molecule has 0 aliphatic heterocycles. The molecule has 0 radical (unpaired) electrons. The molecule has 0 aliphatic carbocycles. The number of hydrogen-bond donors (Lipinski definition) is 0. The Labute approximate surface area is 99.4 Å². The summed E-state index contributed by atoms with van der Waals surface area (Å²) >= 11 is 5.53. The van der Waals surface area contributed by atoms with E-state index in [1.807, 2.05) is 0 Å². The highest BCUT2D eigenvalue weighted by Gasteiger charge is 2.32. The quantitative estimate of drug-likeness (QED) is 0.769. The molecule has 0 bridgehead atoms. The van der Waals surface area contributed by atoms with E-state index >= 15 is 0 Å². The van der Waals surface area contributed by atoms with Gasteiger partial charge in [-0.3, -0.25) is 4.79 Å². The van der Waals surface area contributed by atoms with Crippen molar-refractivity contribution in [3.05, 3.63) is 28.3 Å². The van der Waals surface area contributed by atoms with Gasteiger partial charge < -0.3 is 4.74 Å². The SMILES string of the molecule is CC(=O)c1cc(C#N)c(Cl)c(OC(F)(F)F)c1. The van der Waals surface area contributed by atoms with Crippen LogP contribution in [-0.2, 0) is 0 Å². The van der Waals surface area contributed by atoms with Crippen LogP contribution in [0.2, 0.25) is 5.02 Å². The zero-order valence-electron chi connectivity index (χ0n) is 8.43. The van der Waals surface area contributed by atoms with E-state index < -0.39 is 22.9 Å².